The Morgan fingerprint density at radius 1 is 1.24 bits per heavy atom. The fourth-order valence-corrected chi connectivity index (χ4v) is 2.95. The van der Waals surface area contributed by atoms with E-state index in [0.717, 1.165) is 32.4 Å². The number of carbonyl (C=O) groups is 2. The molecule has 1 aromatic carbocycles. The molecule has 0 saturated carbocycles. The van der Waals surface area contributed by atoms with Gasteiger partial charge in [0, 0.05) is 25.7 Å². The van der Waals surface area contributed by atoms with Crippen LogP contribution in [0.4, 0.5) is 5.69 Å². The van der Waals surface area contributed by atoms with E-state index < -0.39 is 0 Å². The third-order valence-corrected chi connectivity index (χ3v) is 4.29. The van der Waals surface area contributed by atoms with Crippen LogP contribution >= 0.6 is 0 Å². The predicted molar refractivity (Wildman–Crippen MR) is 92.1 cm³/mol. The third-order valence-electron chi connectivity index (χ3n) is 4.29. The number of piperidine rings is 1. The van der Waals surface area contributed by atoms with Gasteiger partial charge < -0.3 is 10.2 Å². The fraction of sp³-hybridized carbons (Fsp3) is 0.333. The number of benzene rings is 1. The zero-order chi connectivity index (χ0) is 17.8. The van der Waals surface area contributed by atoms with Crippen molar-refractivity contribution in [3.63, 3.8) is 0 Å². The summed E-state index contributed by atoms with van der Waals surface area (Å²) in [6.45, 7) is 1.45. The summed E-state index contributed by atoms with van der Waals surface area (Å²) >= 11 is 0. The minimum absolute atomic E-state index is 0.124. The average molecular weight is 337 g/mol. The van der Waals surface area contributed by atoms with Crippen LogP contribution in [0.1, 0.15) is 45.7 Å². The van der Waals surface area contributed by atoms with E-state index >= 15 is 0 Å². The Morgan fingerprint density at radius 3 is 2.72 bits per heavy atom. The molecule has 0 bridgehead atoms. The van der Waals surface area contributed by atoms with Crippen molar-refractivity contribution >= 4 is 17.5 Å². The highest BCUT2D eigenvalue weighted by Crippen LogP contribution is 2.20. The molecule has 25 heavy (non-hydrogen) atoms. The minimum atomic E-state index is -0.377. The van der Waals surface area contributed by atoms with Crippen molar-refractivity contribution in [3.05, 3.63) is 47.3 Å². The Morgan fingerprint density at radius 2 is 2.00 bits per heavy atom. The lowest BCUT2D eigenvalue weighted by atomic mass is 10.1. The van der Waals surface area contributed by atoms with Crippen LogP contribution in [0.15, 0.2) is 30.5 Å². The molecule has 2 aromatic rings. The molecular weight excluding hydrogens is 318 g/mol. The van der Waals surface area contributed by atoms with Gasteiger partial charge in [0.25, 0.3) is 11.8 Å². The van der Waals surface area contributed by atoms with Gasteiger partial charge in [-0.25, -0.2) is 0 Å². The Hall–Kier alpha value is -3.14. The number of nitriles is 1. The van der Waals surface area contributed by atoms with Crippen molar-refractivity contribution in [1.82, 2.24) is 14.7 Å². The standard InChI is InChI=1S/C18H19N5O2/c1-22-16(18(25)23-8-3-2-4-9-23)15(12-20-22)21-17(24)14-7-5-6-13(10-14)11-19/h5-7,10,12H,2-4,8-9H2,1H3,(H,21,24). The third kappa shape index (κ3) is 3.53. The SMILES string of the molecule is Cn1ncc(NC(=O)c2cccc(C#N)c2)c1C(=O)N1CCCCC1. The van der Waals surface area contributed by atoms with E-state index in [-0.39, 0.29) is 11.8 Å². The zero-order valence-electron chi connectivity index (χ0n) is 14.0. The van der Waals surface area contributed by atoms with E-state index in [1.807, 2.05) is 6.07 Å². The number of aromatic nitrogens is 2. The maximum Gasteiger partial charge on any atom is 0.274 e. The number of carbonyl (C=O) groups excluding carboxylic acids is 2. The highest BCUT2D eigenvalue weighted by molar-refractivity contribution is 6.08. The summed E-state index contributed by atoms with van der Waals surface area (Å²) in [5.41, 5.74) is 1.51. The molecule has 1 fully saturated rings. The van der Waals surface area contributed by atoms with Crippen LogP contribution in [0.5, 0.6) is 0 Å². The first-order chi connectivity index (χ1) is 12.1. The summed E-state index contributed by atoms with van der Waals surface area (Å²) in [4.78, 5) is 27.0. The van der Waals surface area contributed by atoms with Gasteiger partial charge in [-0.05, 0) is 37.5 Å². The smallest absolute Gasteiger partial charge is 0.274 e. The zero-order valence-corrected chi connectivity index (χ0v) is 14.0. The van der Waals surface area contributed by atoms with Crippen LogP contribution in [0, 0.1) is 11.3 Å². The molecule has 0 aliphatic carbocycles. The largest absolute Gasteiger partial charge is 0.337 e. The summed E-state index contributed by atoms with van der Waals surface area (Å²) in [7, 11) is 1.68. The van der Waals surface area contributed by atoms with Crippen LogP contribution in [0.3, 0.4) is 0 Å². The van der Waals surface area contributed by atoms with Gasteiger partial charge in [-0.1, -0.05) is 6.07 Å². The number of nitrogens with one attached hydrogen (secondary N) is 1. The molecule has 1 aromatic heterocycles. The van der Waals surface area contributed by atoms with Crippen LogP contribution in [0.2, 0.25) is 0 Å². The van der Waals surface area contributed by atoms with Crippen molar-refractivity contribution < 1.29 is 9.59 Å². The molecule has 1 saturated heterocycles. The maximum absolute atomic E-state index is 12.8. The van der Waals surface area contributed by atoms with Crippen molar-refractivity contribution in [2.75, 3.05) is 18.4 Å². The predicted octanol–water partition coefficient (Wildman–Crippen LogP) is 2.17. The first-order valence-electron chi connectivity index (χ1n) is 8.23. The molecule has 3 rings (SSSR count). The van der Waals surface area contributed by atoms with Crippen LogP contribution in [-0.2, 0) is 7.05 Å². The fourth-order valence-electron chi connectivity index (χ4n) is 2.95. The average Bonchev–Trinajstić information content (AvgIpc) is 3.02. The molecule has 0 radical (unpaired) electrons. The summed E-state index contributed by atoms with van der Waals surface area (Å²) in [5, 5.41) is 15.8. The van der Waals surface area contributed by atoms with E-state index in [4.69, 9.17) is 5.26 Å². The number of likely N-dealkylation sites (tertiary alicyclic amines) is 1. The minimum Gasteiger partial charge on any atom is -0.337 e. The van der Waals surface area contributed by atoms with Gasteiger partial charge in [0.2, 0.25) is 0 Å². The number of hydrogen-bond donors (Lipinski definition) is 1. The van der Waals surface area contributed by atoms with E-state index in [9.17, 15) is 9.59 Å². The molecule has 128 valence electrons. The van der Waals surface area contributed by atoms with Gasteiger partial charge in [-0.3, -0.25) is 14.3 Å². The van der Waals surface area contributed by atoms with Crippen molar-refractivity contribution in [1.29, 1.82) is 5.26 Å². The second-order valence-corrected chi connectivity index (χ2v) is 6.03. The Balaban J connectivity index is 1.82. The van der Waals surface area contributed by atoms with Crippen molar-refractivity contribution in [2.24, 2.45) is 7.05 Å². The molecule has 7 heteroatoms. The molecule has 1 N–H and O–H groups in total. The number of nitrogens with zero attached hydrogens (tertiary/aromatic N) is 4. The molecule has 2 amide bonds. The molecule has 0 atom stereocenters. The first kappa shape index (κ1) is 16.7. The van der Waals surface area contributed by atoms with Gasteiger partial charge in [-0.2, -0.15) is 10.4 Å². The summed E-state index contributed by atoms with van der Waals surface area (Å²) in [5.74, 6) is -0.501. The molecule has 2 heterocycles. The van der Waals surface area contributed by atoms with Crippen molar-refractivity contribution in [2.45, 2.75) is 19.3 Å². The molecule has 1 aliphatic heterocycles. The topological polar surface area (TPSA) is 91.0 Å². The van der Waals surface area contributed by atoms with Gasteiger partial charge in [0.1, 0.15) is 5.69 Å². The summed E-state index contributed by atoms with van der Waals surface area (Å²) in [6, 6.07) is 8.42. The lowest BCUT2D eigenvalue weighted by Crippen LogP contribution is -2.37. The van der Waals surface area contributed by atoms with E-state index in [1.54, 1.807) is 30.1 Å². The van der Waals surface area contributed by atoms with Gasteiger partial charge in [0.15, 0.2) is 0 Å². The second-order valence-electron chi connectivity index (χ2n) is 6.03. The van der Waals surface area contributed by atoms with Gasteiger partial charge >= 0.3 is 0 Å². The first-order valence-corrected chi connectivity index (χ1v) is 8.23. The highest BCUT2D eigenvalue weighted by atomic mass is 16.2. The van der Waals surface area contributed by atoms with Crippen LogP contribution in [-0.4, -0.2) is 39.6 Å². The summed E-state index contributed by atoms with van der Waals surface area (Å²) in [6.07, 6.45) is 4.59. The van der Waals surface area contributed by atoms with Crippen LogP contribution in [0.25, 0.3) is 0 Å². The number of amides is 2. The maximum atomic E-state index is 12.8. The number of rotatable bonds is 3. The molecule has 0 spiro atoms. The number of hydrogen-bond acceptors (Lipinski definition) is 4. The Kier molecular flexibility index (Phi) is 4.80. The quantitative estimate of drug-likeness (QED) is 0.929. The lowest BCUT2D eigenvalue weighted by Gasteiger charge is -2.27. The monoisotopic (exact) mass is 337 g/mol. The van der Waals surface area contributed by atoms with Crippen LogP contribution < -0.4 is 5.32 Å². The summed E-state index contributed by atoms with van der Waals surface area (Å²) < 4.78 is 1.48. The second kappa shape index (κ2) is 7.18. The molecule has 0 unspecified atom stereocenters. The Bertz CT molecular complexity index is 843. The number of anilines is 1. The Labute approximate surface area is 145 Å². The molecule has 7 nitrogen and oxygen atoms in total. The van der Waals surface area contributed by atoms with E-state index in [2.05, 4.69) is 10.4 Å². The highest BCUT2D eigenvalue weighted by Gasteiger charge is 2.25. The normalized spacial score (nSPS) is 14.0. The molecule has 1 aliphatic rings. The lowest BCUT2D eigenvalue weighted by molar-refractivity contribution is 0.0714. The molecular formula is C18H19N5O2. The number of aryl methyl sites for hydroxylation is 1. The van der Waals surface area contributed by atoms with E-state index in [1.165, 1.54) is 16.9 Å². The van der Waals surface area contributed by atoms with Gasteiger partial charge in [0.05, 0.1) is 23.5 Å². The van der Waals surface area contributed by atoms with Gasteiger partial charge in [-0.15, -0.1) is 0 Å². The van der Waals surface area contributed by atoms with E-state index in [0.29, 0.717) is 22.5 Å². The van der Waals surface area contributed by atoms with Crippen molar-refractivity contribution in [3.8, 4) is 6.07 Å².